The molecule has 1 aliphatic carbocycles. The fourth-order valence-electron chi connectivity index (χ4n) is 4.38. The van der Waals surface area contributed by atoms with E-state index in [1.165, 1.54) is 6.42 Å². The second kappa shape index (κ2) is 9.35. The van der Waals surface area contributed by atoms with Gasteiger partial charge in [-0.2, -0.15) is 0 Å². The average Bonchev–Trinajstić information content (AvgIpc) is 2.63. The molecule has 1 saturated carbocycles. The minimum atomic E-state index is -0.648. The first-order chi connectivity index (χ1) is 12.9. The number of piperazine rings is 1. The van der Waals surface area contributed by atoms with Gasteiger partial charge >= 0.3 is 6.09 Å². The maximum absolute atomic E-state index is 10.9. The number of carbonyl (C=O) groups excluding carboxylic acids is 1. The van der Waals surface area contributed by atoms with Crippen LogP contribution in [0.3, 0.4) is 0 Å². The quantitative estimate of drug-likeness (QED) is 0.768. The van der Waals surface area contributed by atoms with Crippen molar-refractivity contribution in [1.29, 1.82) is 0 Å². The number of rotatable bonds is 5. The minimum Gasteiger partial charge on any atom is -0.446 e. The molecule has 1 heterocycles. The van der Waals surface area contributed by atoms with Crippen molar-refractivity contribution in [3.8, 4) is 0 Å². The van der Waals surface area contributed by atoms with Crippen molar-refractivity contribution in [1.82, 2.24) is 4.90 Å². The summed E-state index contributed by atoms with van der Waals surface area (Å²) in [5.74, 6) is 0.716. The Morgan fingerprint density at radius 1 is 1.22 bits per heavy atom. The van der Waals surface area contributed by atoms with Crippen LogP contribution in [0.2, 0.25) is 10.0 Å². The number of nitrogens with two attached hydrogens (primary N) is 1. The van der Waals surface area contributed by atoms with Crippen LogP contribution in [0.5, 0.6) is 0 Å². The van der Waals surface area contributed by atoms with Gasteiger partial charge in [0, 0.05) is 25.7 Å². The molecule has 1 amide bonds. The second-order valence-electron chi connectivity index (χ2n) is 7.78. The van der Waals surface area contributed by atoms with Gasteiger partial charge in [0.2, 0.25) is 0 Å². The molecule has 3 rings (SSSR count). The lowest BCUT2D eigenvalue weighted by molar-refractivity contribution is 0.0676. The highest BCUT2D eigenvalue weighted by Crippen LogP contribution is 2.34. The monoisotopic (exact) mass is 413 g/mol. The summed E-state index contributed by atoms with van der Waals surface area (Å²) in [5, 5.41) is 1.26. The molecule has 27 heavy (non-hydrogen) atoms. The van der Waals surface area contributed by atoms with Crippen molar-refractivity contribution in [2.24, 2.45) is 11.7 Å². The molecular formula is C20H29Cl2N3O2. The van der Waals surface area contributed by atoms with Crippen molar-refractivity contribution in [3.63, 3.8) is 0 Å². The number of hydrogen-bond donors (Lipinski definition) is 1. The summed E-state index contributed by atoms with van der Waals surface area (Å²) < 4.78 is 5.12. The molecule has 0 unspecified atom stereocenters. The largest absolute Gasteiger partial charge is 0.446 e. The van der Waals surface area contributed by atoms with E-state index in [1.807, 2.05) is 18.2 Å². The van der Waals surface area contributed by atoms with Gasteiger partial charge in [0.1, 0.15) is 6.10 Å². The number of ether oxygens (including phenoxy) is 1. The SMILES string of the molecule is C[C@@H]1CN(CC[C@H]2CC[C@H](OC(N)=O)CC2)CCN1c1cccc(Cl)c1Cl. The number of anilines is 1. The predicted molar refractivity (Wildman–Crippen MR) is 111 cm³/mol. The van der Waals surface area contributed by atoms with Crippen LogP contribution in [0.15, 0.2) is 18.2 Å². The minimum absolute atomic E-state index is 0.0183. The lowest BCUT2D eigenvalue weighted by atomic mass is 9.85. The standard InChI is InChI=1S/C20H29Cl2N3O2/c1-14-13-24(10-9-15-5-7-16(8-6-15)27-20(23)26)11-12-25(14)18-4-2-3-17(21)19(18)22/h2-4,14-16H,5-13H2,1H3,(H2,23,26)/t14-,15-,16-/m1/s1. The van der Waals surface area contributed by atoms with Crippen LogP contribution < -0.4 is 10.6 Å². The van der Waals surface area contributed by atoms with Crippen molar-refractivity contribution < 1.29 is 9.53 Å². The zero-order valence-corrected chi connectivity index (χ0v) is 17.4. The maximum Gasteiger partial charge on any atom is 0.404 e. The smallest absolute Gasteiger partial charge is 0.404 e. The van der Waals surface area contributed by atoms with Gasteiger partial charge in [-0.05, 0) is 63.6 Å². The molecule has 0 bridgehead atoms. The number of benzene rings is 1. The molecule has 150 valence electrons. The summed E-state index contributed by atoms with van der Waals surface area (Å²) >= 11 is 12.6. The molecule has 1 atom stereocenters. The normalized spacial score (nSPS) is 26.8. The second-order valence-corrected chi connectivity index (χ2v) is 8.57. The lowest BCUT2D eigenvalue weighted by Gasteiger charge is -2.42. The number of halogens is 2. The summed E-state index contributed by atoms with van der Waals surface area (Å²) in [6, 6.07) is 6.24. The van der Waals surface area contributed by atoms with Gasteiger partial charge in [-0.3, -0.25) is 4.90 Å². The molecule has 1 saturated heterocycles. The van der Waals surface area contributed by atoms with Crippen LogP contribution in [-0.2, 0) is 4.74 Å². The van der Waals surface area contributed by atoms with E-state index in [-0.39, 0.29) is 6.10 Å². The third-order valence-electron chi connectivity index (χ3n) is 5.88. The molecule has 1 aliphatic heterocycles. The van der Waals surface area contributed by atoms with Gasteiger partial charge < -0.3 is 15.4 Å². The van der Waals surface area contributed by atoms with Crippen LogP contribution in [0.4, 0.5) is 10.5 Å². The summed E-state index contributed by atoms with van der Waals surface area (Å²) in [5.41, 5.74) is 6.14. The van der Waals surface area contributed by atoms with Crippen LogP contribution in [-0.4, -0.2) is 49.3 Å². The van der Waals surface area contributed by atoms with Crippen LogP contribution in [0, 0.1) is 5.92 Å². The van der Waals surface area contributed by atoms with Crippen LogP contribution in [0.25, 0.3) is 0 Å². The van der Waals surface area contributed by atoms with Gasteiger partial charge in [-0.15, -0.1) is 0 Å². The molecule has 1 aromatic carbocycles. The molecule has 7 heteroatoms. The Labute approximate surface area is 171 Å². The fraction of sp³-hybridized carbons (Fsp3) is 0.650. The van der Waals surface area contributed by atoms with Crippen molar-refractivity contribution in [2.75, 3.05) is 31.1 Å². The predicted octanol–water partition coefficient (Wildman–Crippen LogP) is 4.55. The van der Waals surface area contributed by atoms with Gasteiger partial charge in [-0.25, -0.2) is 4.79 Å². The van der Waals surface area contributed by atoms with E-state index in [0.29, 0.717) is 22.0 Å². The van der Waals surface area contributed by atoms with Crippen molar-refractivity contribution >= 4 is 35.0 Å². The Hall–Kier alpha value is -1.17. The molecular weight excluding hydrogens is 385 g/mol. The zero-order valence-electron chi connectivity index (χ0n) is 15.9. The van der Waals surface area contributed by atoms with E-state index >= 15 is 0 Å². The van der Waals surface area contributed by atoms with E-state index < -0.39 is 6.09 Å². The first kappa shape index (κ1) is 20.6. The van der Waals surface area contributed by atoms with Gasteiger partial charge in [0.05, 0.1) is 15.7 Å². The summed E-state index contributed by atoms with van der Waals surface area (Å²) in [6.07, 6.45) is 4.68. The van der Waals surface area contributed by atoms with Crippen molar-refractivity contribution in [3.05, 3.63) is 28.2 Å². The molecule has 0 spiro atoms. The highest BCUT2D eigenvalue weighted by atomic mass is 35.5. The Morgan fingerprint density at radius 2 is 1.96 bits per heavy atom. The third kappa shape index (κ3) is 5.43. The summed E-state index contributed by atoms with van der Waals surface area (Å²) in [7, 11) is 0. The third-order valence-corrected chi connectivity index (χ3v) is 6.69. The summed E-state index contributed by atoms with van der Waals surface area (Å²) in [6.45, 7) is 6.39. The highest BCUT2D eigenvalue weighted by molar-refractivity contribution is 6.43. The Bertz CT molecular complexity index is 650. The first-order valence-corrected chi connectivity index (χ1v) is 10.6. The molecule has 2 N–H and O–H groups in total. The lowest BCUT2D eigenvalue weighted by Crippen LogP contribution is -2.52. The molecule has 2 aliphatic rings. The van der Waals surface area contributed by atoms with E-state index in [4.69, 9.17) is 33.7 Å². The Kier molecular flexibility index (Phi) is 7.12. The van der Waals surface area contributed by atoms with E-state index in [0.717, 1.165) is 57.5 Å². The van der Waals surface area contributed by atoms with E-state index in [2.05, 4.69) is 16.7 Å². The molecule has 0 aromatic heterocycles. The van der Waals surface area contributed by atoms with Gasteiger partial charge in [0.15, 0.2) is 0 Å². The number of amides is 1. The van der Waals surface area contributed by atoms with Gasteiger partial charge in [0.25, 0.3) is 0 Å². The topological polar surface area (TPSA) is 58.8 Å². The van der Waals surface area contributed by atoms with Crippen LogP contribution in [0.1, 0.15) is 39.0 Å². The van der Waals surface area contributed by atoms with Crippen LogP contribution >= 0.6 is 23.2 Å². The highest BCUT2D eigenvalue weighted by Gasteiger charge is 2.27. The first-order valence-electron chi connectivity index (χ1n) is 9.83. The Balaban J connectivity index is 1.44. The van der Waals surface area contributed by atoms with E-state index in [9.17, 15) is 4.79 Å². The molecule has 2 fully saturated rings. The number of hydrogen-bond acceptors (Lipinski definition) is 4. The average molecular weight is 414 g/mol. The fourth-order valence-corrected chi connectivity index (χ4v) is 4.78. The Morgan fingerprint density at radius 3 is 2.63 bits per heavy atom. The number of nitrogens with zero attached hydrogens (tertiary/aromatic N) is 2. The number of primary amides is 1. The van der Waals surface area contributed by atoms with Gasteiger partial charge in [-0.1, -0.05) is 29.3 Å². The van der Waals surface area contributed by atoms with E-state index in [1.54, 1.807) is 0 Å². The molecule has 1 aromatic rings. The number of carbonyl (C=O) groups is 1. The maximum atomic E-state index is 10.9. The molecule has 0 radical (unpaired) electrons. The van der Waals surface area contributed by atoms with Crippen molar-refractivity contribution in [2.45, 2.75) is 51.2 Å². The molecule has 5 nitrogen and oxygen atoms in total. The summed E-state index contributed by atoms with van der Waals surface area (Å²) in [4.78, 5) is 15.8. The zero-order chi connectivity index (χ0) is 19.4.